The highest BCUT2D eigenvalue weighted by Crippen LogP contribution is 2.38. The predicted octanol–water partition coefficient (Wildman–Crippen LogP) is 1.82. The molecule has 13 heavy (non-hydrogen) atoms. The van der Waals surface area contributed by atoms with E-state index >= 15 is 0 Å². The highest BCUT2D eigenvalue weighted by molar-refractivity contribution is 4.91. The van der Waals surface area contributed by atoms with Gasteiger partial charge in [0.05, 0.1) is 12.2 Å². The molecule has 1 saturated carbocycles. The van der Waals surface area contributed by atoms with E-state index in [0.29, 0.717) is 6.42 Å². The predicted molar refractivity (Wildman–Crippen MR) is 44.8 cm³/mol. The molecule has 0 aromatic rings. The molecular formula is C9H16F2O2. The van der Waals surface area contributed by atoms with Crippen molar-refractivity contribution in [3.05, 3.63) is 0 Å². The summed E-state index contributed by atoms with van der Waals surface area (Å²) in [5.41, 5.74) is -0.202. The maximum atomic E-state index is 11.8. The zero-order chi connectivity index (χ0) is 10.1. The lowest BCUT2D eigenvalue weighted by atomic mass is 9.89. The van der Waals surface area contributed by atoms with E-state index in [1.807, 2.05) is 13.8 Å². The van der Waals surface area contributed by atoms with E-state index in [-0.39, 0.29) is 5.41 Å². The second-order valence-electron chi connectivity index (χ2n) is 4.23. The summed E-state index contributed by atoms with van der Waals surface area (Å²) in [5, 5.41) is 9.66. The summed E-state index contributed by atoms with van der Waals surface area (Å²) in [7, 11) is 0. The molecule has 0 bridgehead atoms. The molecule has 1 rings (SSSR count). The summed E-state index contributed by atoms with van der Waals surface area (Å²) >= 11 is 0. The molecule has 0 aromatic carbocycles. The molecule has 2 unspecified atom stereocenters. The Labute approximate surface area is 76.9 Å². The van der Waals surface area contributed by atoms with Crippen LogP contribution >= 0.6 is 0 Å². The second-order valence-corrected chi connectivity index (χ2v) is 4.23. The van der Waals surface area contributed by atoms with E-state index in [2.05, 4.69) is 0 Å². The minimum absolute atomic E-state index is 0.202. The van der Waals surface area contributed by atoms with Crippen molar-refractivity contribution in [3.8, 4) is 0 Å². The van der Waals surface area contributed by atoms with E-state index in [1.54, 1.807) is 0 Å². The molecule has 0 spiro atoms. The van der Waals surface area contributed by atoms with Gasteiger partial charge in [-0.1, -0.05) is 13.8 Å². The van der Waals surface area contributed by atoms with Crippen LogP contribution in [0.25, 0.3) is 0 Å². The van der Waals surface area contributed by atoms with E-state index in [1.165, 1.54) is 0 Å². The van der Waals surface area contributed by atoms with Gasteiger partial charge in [-0.15, -0.1) is 0 Å². The summed E-state index contributed by atoms with van der Waals surface area (Å²) in [6, 6.07) is 0. The van der Waals surface area contributed by atoms with Crippen molar-refractivity contribution in [1.82, 2.24) is 0 Å². The molecule has 1 N–H and O–H groups in total. The van der Waals surface area contributed by atoms with Gasteiger partial charge in [0, 0.05) is 0 Å². The number of alkyl halides is 2. The Morgan fingerprint density at radius 3 is 2.54 bits per heavy atom. The third kappa shape index (κ3) is 2.61. The first-order chi connectivity index (χ1) is 5.93. The van der Waals surface area contributed by atoms with E-state index in [4.69, 9.17) is 4.74 Å². The third-order valence-electron chi connectivity index (χ3n) is 2.66. The molecule has 0 aromatic heterocycles. The SMILES string of the molecule is CC1(C)CCC(OCC(F)F)C1O. The Hall–Kier alpha value is -0.220. The van der Waals surface area contributed by atoms with Crippen molar-refractivity contribution in [2.45, 2.75) is 45.3 Å². The zero-order valence-electron chi connectivity index (χ0n) is 7.96. The molecule has 1 aliphatic carbocycles. The number of rotatable bonds is 3. The van der Waals surface area contributed by atoms with Crippen LogP contribution in [0, 0.1) is 5.41 Å². The van der Waals surface area contributed by atoms with Crippen molar-refractivity contribution in [2.75, 3.05) is 6.61 Å². The molecule has 1 fully saturated rings. The Bertz CT molecular complexity index is 171. The molecule has 78 valence electrons. The van der Waals surface area contributed by atoms with Crippen LogP contribution in [0.5, 0.6) is 0 Å². The van der Waals surface area contributed by atoms with Crippen LogP contribution in [-0.2, 0) is 4.74 Å². The van der Waals surface area contributed by atoms with Crippen LogP contribution < -0.4 is 0 Å². The van der Waals surface area contributed by atoms with Gasteiger partial charge in [-0.05, 0) is 18.3 Å². The Morgan fingerprint density at radius 1 is 1.54 bits per heavy atom. The molecule has 4 heteroatoms. The average Bonchev–Trinajstić information content (AvgIpc) is 2.25. The van der Waals surface area contributed by atoms with Crippen LogP contribution in [0.4, 0.5) is 8.78 Å². The molecule has 0 saturated heterocycles. The topological polar surface area (TPSA) is 29.5 Å². The number of aliphatic hydroxyl groups excluding tert-OH is 1. The fourth-order valence-electron chi connectivity index (χ4n) is 1.69. The van der Waals surface area contributed by atoms with Gasteiger partial charge >= 0.3 is 0 Å². The first-order valence-corrected chi connectivity index (χ1v) is 4.51. The lowest BCUT2D eigenvalue weighted by Crippen LogP contribution is -2.33. The van der Waals surface area contributed by atoms with Gasteiger partial charge in [-0.2, -0.15) is 0 Å². The molecule has 0 heterocycles. The molecule has 2 atom stereocenters. The maximum absolute atomic E-state index is 11.8. The lowest BCUT2D eigenvalue weighted by Gasteiger charge is -2.25. The number of aliphatic hydroxyl groups is 1. The second kappa shape index (κ2) is 3.88. The van der Waals surface area contributed by atoms with Crippen LogP contribution in [-0.4, -0.2) is 30.3 Å². The van der Waals surface area contributed by atoms with E-state index in [9.17, 15) is 13.9 Å². The molecule has 0 aliphatic heterocycles. The first kappa shape index (κ1) is 10.9. The highest BCUT2D eigenvalue weighted by Gasteiger charge is 2.41. The van der Waals surface area contributed by atoms with Gasteiger partial charge in [0.25, 0.3) is 6.43 Å². The van der Waals surface area contributed by atoms with Crippen LogP contribution in [0.15, 0.2) is 0 Å². The Morgan fingerprint density at radius 2 is 2.15 bits per heavy atom. The van der Waals surface area contributed by atoms with Gasteiger partial charge in [-0.25, -0.2) is 8.78 Å². The summed E-state index contributed by atoms with van der Waals surface area (Å²) in [5.74, 6) is 0. The average molecular weight is 194 g/mol. The number of halogens is 2. The fourth-order valence-corrected chi connectivity index (χ4v) is 1.69. The van der Waals surface area contributed by atoms with Gasteiger partial charge in [0.1, 0.15) is 6.61 Å². The maximum Gasteiger partial charge on any atom is 0.261 e. The number of hydrogen-bond donors (Lipinski definition) is 1. The minimum atomic E-state index is -2.45. The van der Waals surface area contributed by atoms with E-state index < -0.39 is 25.2 Å². The lowest BCUT2D eigenvalue weighted by molar-refractivity contribution is -0.0802. The van der Waals surface area contributed by atoms with Crippen molar-refractivity contribution < 1.29 is 18.6 Å². The molecule has 1 aliphatic rings. The molecular weight excluding hydrogens is 178 g/mol. The normalized spacial score (nSPS) is 32.8. The monoisotopic (exact) mass is 194 g/mol. The van der Waals surface area contributed by atoms with Crippen LogP contribution in [0.1, 0.15) is 26.7 Å². The van der Waals surface area contributed by atoms with Crippen LogP contribution in [0.3, 0.4) is 0 Å². The quantitative estimate of drug-likeness (QED) is 0.742. The summed E-state index contributed by atoms with van der Waals surface area (Å²) < 4.78 is 28.5. The number of hydrogen-bond acceptors (Lipinski definition) is 2. The van der Waals surface area contributed by atoms with Gasteiger partial charge < -0.3 is 9.84 Å². The summed E-state index contributed by atoms with van der Waals surface area (Å²) in [4.78, 5) is 0. The van der Waals surface area contributed by atoms with Gasteiger partial charge in [-0.3, -0.25) is 0 Å². The summed E-state index contributed by atoms with van der Waals surface area (Å²) in [6.45, 7) is 3.27. The largest absolute Gasteiger partial charge is 0.390 e. The minimum Gasteiger partial charge on any atom is -0.390 e. The van der Waals surface area contributed by atoms with Crippen LogP contribution in [0.2, 0.25) is 0 Å². The first-order valence-electron chi connectivity index (χ1n) is 4.51. The third-order valence-corrected chi connectivity index (χ3v) is 2.66. The Balaban J connectivity index is 2.37. The smallest absolute Gasteiger partial charge is 0.261 e. The molecule has 2 nitrogen and oxygen atoms in total. The fraction of sp³-hybridized carbons (Fsp3) is 1.00. The molecule has 0 amide bonds. The Kier molecular flexibility index (Phi) is 3.24. The van der Waals surface area contributed by atoms with Gasteiger partial charge in [0.15, 0.2) is 0 Å². The van der Waals surface area contributed by atoms with Crippen molar-refractivity contribution in [3.63, 3.8) is 0 Å². The van der Waals surface area contributed by atoms with E-state index in [0.717, 1.165) is 6.42 Å². The van der Waals surface area contributed by atoms with Crippen molar-refractivity contribution in [1.29, 1.82) is 0 Å². The van der Waals surface area contributed by atoms with Crippen molar-refractivity contribution in [2.24, 2.45) is 5.41 Å². The van der Waals surface area contributed by atoms with Crippen molar-refractivity contribution >= 4 is 0 Å². The standard InChI is InChI=1S/C9H16F2O2/c1-9(2)4-3-6(8(9)12)13-5-7(10)11/h6-8,12H,3-5H2,1-2H3. The highest BCUT2D eigenvalue weighted by atomic mass is 19.3. The summed E-state index contributed by atoms with van der Waals surface area (Å²) in [6.07, 6.45) is -1.99. The van der Waals surface area contributed by atoms with Gasteiger partial charge in [0.2, 0.25) is 0 Å². The number of ether oxygens (including phenoxy) is 1. The molecule has 0 radical (unpaired) electrons. The zero-order valence-corrected chi connectivity index (χ0v) is 7.96.